The van der Waals surface area contributed by atoms with E-state index in [1.165, 1.54) is 0 Å². The van der Waals surface area contributed by atoms with Crippen LogP contribution in [0.1, 0.15) is 44.8 Å². The van der Waals surface area contributed by atoms with Gasteiger partial charge in [-0.3, -0.25) is 4.68 Å². The van der Waals surface area contributed by atoms with Crippen molar-refractivity contribution in [1.29, 1.82) is 0 Å². The highest BCUT2D eigenvalue weighted by Crippen LogP contribution is 2.32. The number of nitrogens with zero attached hydrogens (tertiary/aromatic N) is 2. The molecule has 1 aromatic rings. The smallest absolute Gasteiger partial charge is 0.150 e. The number of aryl methyl sites for hydroxylation is 1. The Morgan fingerprint density at radius 2 is 2.29 bits per heavy atom. The van der Waals surface area contributed by atoms with Gasteiger partial charge in [0.05, 0.1) is 34.5 Å². The molecule has 1 aliphatic rings. The molecular weight excluding hydrogens is 310 g/mol. The van der Waals surface area contributed by atoms with Gasteiger partial charge in [-0.15, -0.1) is 0 Å². The topological polar surface area (TPSA) is 64.0 Å². The summed E-state index contributed by atoms with van der Waals surface area (Å²) in [5.74, 6) is 0.826. The molecule has 0 saturated carbocycles. The van der Waals surface area contributed by atoms with E-state index in [0.29, 0.717) is 16.5 Å². The second-order valence-corrected chi connectivity index (χ2v) is 8.35. The highest BCUT2D eigenvalue weighted by molar-refractivity contribution is 7.91. The predicted molar refractivity (Wildman–Crippen MR) is 85.3 cm³/mol. The van der Waals surface area contributed by atoms with Crippen LogP contribution in [0.2, 0.25) is 5.02 Å². The molecule has 0 amide bonds. The van der Waals surface area contributed by atoms with Gasteiger partial charge >= 0.3 is 0 Å². The van der Waals surface area contributed by atoms with Crippen molar-refractivity contribution in [3.8, 4) is 0 Å². The minimum Gasteiger partial charge on any atom is -0.309 e. The molecule has 2 heterocycles. The predicted octanol–water partition coefficient (Wildman–Crippen LogP) is 2.42. The fraction of sp³-hybridized carbons (Fsp3) is 0.786. The van der Waals surface area contributed by atoms with Gasteiger partial charge in [0.25, 0.3) is 0 Å². The molecule has 1 N–H and O–H groups in total. The van der Waals surface area contributed by atoms with Gasteiger partial charge < -0.3 is 5.32 Å². The van der Waals surface area contributed by atoms with Gasteiger partial charge in [0.2, 0.25) is 0 Å². The van der Waals surface area contributed by atoms with E-state index in [-0.39, 0.29) is 12.0 Å². The Labute approximate surface area is 132 Å². The number of halogens is 1. The van der Waals surface area contributed by atoms with Gasteiger partial charge in [0, 0.05) is 6.54 Å². The highest BCUT2D eigenvalue weighted by atomic mass is 35.5. The van der Waals surface area contributed by atoms with Crippen LogP contribution >= 0.6 is 11.6 Å². The van der Waals surface area contributed by atoms with Crippen molar-refractivity contribution < 1.29 is 8.42 Å². The zero-order chi connectivity index (χ0) is 15.5. The molecule has 0 spiro atoms. The first kappa shape index (κ1) is 16.8. The molecule has 1 aromatic heterocycles. The normalized spacial score (nSPS) is 22.5. The van der Waals surface area contributed by atoms with Crippen molar-refractivity contribution in [1.82, 2.24) is 15.1 Å². The Morgan fingerprint density at radius 3 is 2.86 bits per heavy atom. The van der Waals surface area contributed by atoms with Crippen LogP contribution in [0.3, 0.4) is 0 Å². The lowest BCUT2D eigenvalue weighted by molar-refractivity contribution is 0.395. The van der Waals surface area contributed by atoms with Gasteiger partial charge in [0.15, 0.2) is 9.84 Å². The van der Waals surface area contributed by atoms with Crippen molar-refractivity contribution in [2.24, 2.45) is 5.92 Å². The summed E-state index contributed by atoms with van der Waals surface area (Å²) in [7, 11) is -2.84. The second kappa shape index (κ2) is 7.11. The number of hydrogen-bond acceptors (Lipinski definition) is 4. The van der Waals surface area contributed by atoms with E-state index < -0.39 is 9.84 Å². The van der Waals surface area contributed by atoms with Crippen molar-refractivity contribution in [2.45, 2.75) is 45.7 Å². The molecule has 7 heteroatoms. The summed E-state index contributed by atoms with van der Waals surface area (Å²) in [6.45, 7) is 5.79. The second-order valence-electron chi connectivity index (χ2n) is 5.72. The molecule has 1 saturated heterocycles. The molecule has 0 bridgehead atoms. The van der Waals surface area contributed by atoms with E-state index in [4.69, 9.17) is 11.6 Å². The van der Waals surface area contributed by atoms with Crippen LogP contribution in [-0.2, 0) is 16.4 Å². The first-order chi connectivity index (χ1) is 9.96. The van der Waals surface area contributed by atoms with Crippen molar-refractivity contribution >= 4 is 21.4 Å². The van der Waals surface area contributed by atoms with Gasteiger partial charge in [-0.1, -0.05) is 25.4 Å². The zero-order valence-corrected chi connectivity index (χ0v) is 14.3. The standard InChI is InChI=1S/C14H24ClN3O2S/c1-3-6-18-14(12(15)9-17-18)13(16-4-2)8-11-5-7-21(19,20)10-11/h9,11,13,16H,3-8,10H2,1-2H3. The molecule has 1 aliphatic heterocycles. The van der Waals surface area contributed by atoms with Gasteiger partial charge in [0.1, 0.15) is 0 Å². The molecule has 0 radical (unpaired) electrons. The van der Waals surface area contributed by atoms with E-state index in [1.807, 2.05) is 11.6 Å². The maximum Gasteiger partial charge on any atom is 0.150 e. The Balaban J connectivity index is 2.17. The maximum atomic E-state index is 11.6. The SMILES string of the molecule is CCCn1ncc(Cl)c1C(CC1CCS(=O)(=O)C1)NCC. The lowest BCUT2D eigenvalue weighted by Gasteiger charge is -2.22. The van der Waals surface area contributed by atoms with Crippen molar-refractivity contribution in [3.05, 3.63) is 16.9 Å². The molecule has 5 nitrogen and oxygen atoms in total. The summed E-state index contributed by atoms with van der Waals surface area (Å²) in [5, 5.41) is 8.44. The first-order valence-corrected chi connectivity index (χ1v) is 9.81. The number of nitrogens with one attached hydrogen (secondary N) is 1. The molecule has 2 atom stereocenters. The quantitative estimate of drug-likeness (QED) is 0.832. The van der Waals surface area contributed by atoms with E-state index >= 15 is 0 Å². The molecule has 0 aromatic carbocycles. The van der Waals surface area contributed by atoms with Gasteiger partial charge in [-0.2, -0.15) is 5.10 Å². The molecule has 21 heavy (non-hydrogen) atoms. The third-order valence-electron chi connectivity index (χ3n) is 3.95. The lowest BCUT2D eigenvalue weighted by atomic mass is 9.97. The first-order valence-electron chi connectivity index (χ1n) is 7.61. The summed E-state index contributed by atoms with van der Waals surface area (Å²) in [6, 6.07) is 0.0647. The Morgan fingerprint density at radius 1 is 1.52 bits per heavy atom. The fourth-order valence-corrected chi connectivity index (χ4v) is 5.19. The minimum absolute atomic E-state index is 0.0647. The summed E-state index contributed by atoms with van der Waals surface area (Å²) >= 11 is 6.31. The van der Waals surface area contributed by atoms with E-state index in [2.05, 4.69) is 17.3 Å². The molecule has 120 valence electrons. The average Bonchev–Trinajstić information content (AvgIpc) is 2.93. The molecule has 2 rings (SSSR count). The van der Waals surface area contributed by atoms with Crippen LogP contribution in [0, 0.1) is 5.92 Å². The summed E-state index contributed by atoms with van der Waals surface area (Å²) in [4.78, 5) is 0. The third kappa shape index (κ3) is 4.20. The minimum atomic E-state index is -2.84. The number of sulfone groups is 1. The van der Waals surface area contributed by atoms with E-state index in [1.54, 1.807) is 6.20 Å². The van der Waals surface area contributed by atoms with Crippen LogP contribution in [0.15, 0.2) is 6.20 Å². The number of hydrogen-bond donors (Lipinski definition) is 1. The summed E-state index contributed by atoms with van der Waals surface area (Å²) in [6.07, 6.45) is 4.22. The monoisotopic (exact) mass is 333 g/mol. The zero-order valence-electron chi connectivity index (χ0n) is 12.7. The highest BCUT2D eigenvalue weighted by Gasteiger charge is 2.31. The van der Waals surface area contributed by atoms with E-state index in [0.717, 1.165) is 38.0 Å². The molecule has 0 aliphatic carbocycles. The van der Waals surface area contributed by atoms with Crippen molar-refractivity contribution in [3.63, 3.8) is 0 Å². The molecule has 1 fully saturated rings. The molecule has 2 unspecified atom stereocenters. The maximum absolute atomic E-state index is 11.6. The summed E-state index contributed by atoms with van der Waals surface area (Å²) < 4.78 is 25.2. The van der Waals surface area contributed by atoms with Crippen LogP contribution in [0.5, 0.6) is 0 Å². The lowest BCUT2D eigenvalue weighted by Crippen LogP contribution is -2.27. The fourth-order valence-electron chi connectivity index (χ4n) is 3.04. The van der Waals surface area contributed by atoms with Crippen LogP contribution in [0.25, 0.3) is 0 Å². The largest absolute Gasteiger partial charge is 0.309 e. The van der Waals surface area contributed by atoms with Crippen LogP contribution < -0.4 is 5.32 Å². The summed E-state index contributed by atoms with van der Waals surface area (Å²) in [5.41, 5.74) is 0.990. The average molecular weight is 334 g/mol. The van der Waals surface area contributed by atoms with Gasteiger partial charge in [-0.25, -0.2) is 8.42 Å². The number of rotatable bonds is 7. The van der Waals surface area contributed by atoms with E-state index in [9.17, 15) is 8.42 Å². The Bertz CT molecular complexity index is 571. The van der Waals surface area contributed by atoms with Crippen LogP contribution in [0.4, 0.5) is 0 Å². The third-order valence-corrected chi connectivity index (χ3v) is 6.07. The Hall–Kier alpha value is -0.590. The molecular formula is C14H24ClN3O2S. The van der Waals surface area contributed by atoms with Crippen molar-refractivity contribution in [2.75, 3.05) is 18.1 Å². The Kier molecular flexibility index (Phi) is 5.68. The number of aromatic nitrogens is 2. The van der Waals surface area contributed by atoms with Gasteiger partial charge in [-0.05, 0) is 31.7 Å². The van der Waals surface area contributed by atoms with Crippen LogP contribution in [-0.4, -0.2) is 36.2 Å².